The molecular weight excluding hydrogens is 364 g/mol. The Morgan fingerprint density at radius 3 is 2.07 bits per heavy atom. The van der Waals surface area contributed by atoms with Crippen LogP contribution < -0.4 is 0 Å². The van der Waals surface area contributed by atoms with Crippen LogP contribution in [0.2, 0.25) is 0 Å². The van der Waals surface area contributed by atoms with Gasteiger partial charge in [0, 0.05) is 5.92 Å². The Morgan fingerprint density at radius 1 is 0.786 bits per heavy atom. The summed E-state index contributed by atoms with van der Waals surface area (Å²) < 4.78 is 54.2. The molecule has 0 aliphatic carbocycles. The summed E-state index contributed by atoms with van der Waals surface area (Å²) in [6, 6.07) is 18.2. The fourth-order valence-electron chi connectivity index (χ4n) is 3.63. The number of unbranched alkanes of at least 4 members (excludes halogenated alkanes) is 2. The fraction of sp³-hybridized carbons (Fsp3) is 0.333. The van der Waals surface area contributed by atoms with E-state index in [2.05, 4.69) is 6.92 Å². The first-order valence-corrected chi connectivity index (χ1v) is 9.70. The van der Waals surface area contributed by atoms with Crippen LogP contribution in [-0.2, 0) is 6.18 Å². The van der Waals surface area contributed by atoms with E-state index in [1.165, 1.54) is 12.1 Å². The molecule has 2 unspecified atom stereocenters. The molecule has 3 rings (SSSR count). The van der Waals surface area contributed by atoms with Crippen LogP contribution >= 0.6 is 0 Å². The first-order valence-electron chi connectivity index (χ1n) is 9.70. The lowest BCUT2D eigenvalue weighted by molar-refractivity contribution is -0.137. The molecule has 0 spiro atoms. The van der Waals surface area contributed by atoms with E-state index in [-0.39, 0.29) is 0 Å². The van der Waals surface area contributed by atoms with Gasteiger partial charge in [-0.05, 0) is 46.5 Å². The molecule has 0 aliphatic rings. The molecule has 28 heavy (non-hydrogen) atoms. The van der Waals surface area contributed by atoms with E-state index in [4.69, 9.17) is 0 Å². The number of fused-ring (bicyclic) bond motifs is 1. The van der Waals surface area contributed by atoms with E-state index in [0.717, 1.165) is 42.2 Å². The minimum Gasteiger partial charge on any atom is -0.242 e. The topological polar surface area (TPSA) is 0 Å². The third kappa shape index (κ3) is 4.73. The first kappa shape index (κ1) is 20.4. The molecule has 148 valence electrons. The summed E-state index contributed by atoms with van der Waals surface area (Å²) in [5, 5.41) is 2.00. The molecule has 0 bridgehead atoms. The zero-order valence-corrected chi connectivity index (χ0v) is 15.8. The van der Waals surface area contributed by atoms with E-state index in [9.17, 15) is 13.2 Å². The van der Waals surface area contributed by atoms with Gasteiger partial charge in [-0.1, -0.05) is 74.7 Å². The summed E-state index contributed by atoms with van der Waals surface area (Å²) in [7, 11) is 0. The van der Waals surface area contributed by atoms with Gasteiger partial charge in [-0.3, -0.25) is 0 Å². The fourth-order valence-corrected chi connectivity index (χ4v) is 3.63. The van der Waals surface area contributed by atoms with Gasteiger partial charge in [0.2, 0.25) is 0 Å². The average Bonchev–Trinajstić information content (AvgIpc) is 2.70. The van der Waals surface area contributed by atoms with Crippen molar-refractivity contribution in [3.05, 3.63) is 83.4 Å². The van der Waals surface area contributed by atoms with E-state index in [1.807, 2.05) is 36.4 Å². The standard InChI is InChI=1S/C24H24F4/c1-2-3-4-9-22(18-12-14-21(15-13-18)24(26,27)28)23(25)20-11-10-17-7-5-6-8-19(17)16-20/h5-8,10-16,22-23H,2-4,9H2,1H3. The number of hydrogen-bond donors (Lipinski definition) is 0. The van der Waals surface area contributed by atoms with Gasteiger partial charge < -0.3 is 0 Å². The SMILES string of the molecule is CCCCCC(c1ccc(C(F)(F)F)cc1)C(F)c1ccc2ccccc2c1. The number of rotatable bonds is 7. The number of halogens is 4. The van der Waals surface area contributed by atoms with Gasteiger partial charge in [0.1, 0.15) is 6.17 Å². The molecule has 0 N–H and O–H groups in total. The molecular formula is C24H24F4. The van der Waals surface area contributed by atoms with Crippen LogP contribution in [0, 0.1) is 0 Å². The average molecular weight is 388 g/mol. The van der Waals surface area contributed by atoms with Crippen LogP contribution in [0.15, 0.2) is 66.7 Å². The van der Waals surface area contributed by atoms with Crippen LogP contribution in [-0.4, -0.2) is 0 Å². The predicted octanol–water partition coefficient (Wildman–Crippen LogP) is 8.23. The molecule has 0 heterocycles. The van der Waals surface area contributed by atoms with Gasteiger partial charge in [-0.15, -0.1) is 0 Å². The molecule has 0 nitrogen and oxygen atoms in total. The van der Waals surface area contributed by atoms with Gasteiger partial charge in [-0.2, -0.15) is 13.2 Å². The quantitative estimate of drug-likeness (QED) is 0.282. The lowest BCUT2D eigenvalue weighted by Gasteiger charge is -2.23. The zero-order chi connectivity index (χ0) is 20.1. The minimum atomic E-state index is -4.39. The first-order chi connectivity index (χ1) is 13.4. The minimum absolute atomic E-state index is 0.463. The summed E-state index contributed by atoms with van der Waals surface area (Å²) in [6.07, 6.45) is -2.22. The Kier molecular flexibility index (Phi) is 6.38. The Morgan fingerprint density at radius 2 is 1.43 bits per heavy atom. The molecule has 2 atom stereocenters. The van der Waals surface area contributed by atoms with Gasteiger partial charge in [0.15, 0.2) is 0 Å². The van der Waals surface area contributed by atoms with Crippen LogP contribution in [0.3, 0.4) is 0 Å². The molecule has 0 saturated carbocycles. The van der Waals surface area contributed by atoms with Crippen molar-refractivity contribution in [2.24, 2.45) is 0 Å². The predicted molar refractivity (Wildman–Crippen MR) is 106 cm³/mol. The van der Waals surface area contributed by atoms with Crippen LogP contribution in [0.25, 0.3) is 10.8 Å². The third-order valence-corrected chi connectivity index (χ3v) is 5.23. The van der Waals surface area contributed by atoms with E-state index < -0.39 is 23.8 Å². The summed E-state index contributed by atoms with van der Waals surface area (Å²) in [5.74, 6) is -0.463. The Balaban J connectivity index is 1.91. The van der Waals surface area contributed by atoms with Crippen LogP contribution in [0.5, 0.6) is 0 Å². The van der Waals surface area contributed by atoms with Crippen molar-refractivity contribution in [2.45, 2.75) is 50.9 Å². The third-order valence-electron chi connectivity index (χ3n) is 5.23. The number of benzene rings is 3. The molecule has 3 aromatic rings. The van der Waals surface area contributed by atoms with Crippen molar-refractivity contribution >= 4 is 10.8 Å². The molecule has 0 fully saturated rings. The molecule has 3 aromatic carbocycles. The van der Waals surface area contributed by atoms with Gasteiger partial charge in [0.05, 0.1) is 5.56 Å². The Hall–Kier alpha value is -2.36. The Labute approximate surface area is 163 Å². The van der Waals surface area contributed by atoms with E-state index in [0.29, 0.717) is 17.5 Å². The van der Waals surface area contributed by atoms with E-state index >= 15 is 4.39 Å². The summed E-state index contributed by atoms with van der Waals surface area (Å²) in [4.78, 5) is 0. The second-order valence-corrected chi connectivity index (χ2v) is 7.23. The highest BCUT2D eigenvalue weighted by Crippen LogP contribution is 2.40. The molecule has 0 amide bonds. The highest BCUT2D eigenvalue weighted by Gasteiger charge is 2.31. The summed E-state index contributed by atoms with van der Waals surface area (Å²) >= 11 is 0. The molecule has 0 radical (unpaired) electrons. The van der Waals surface area contributed by atoms with Gasteiger partial charge in [0.25, 0.3) is 0 Å². The molecule has 0 aliphatic heterocycles. The molecule has 0 aromatic heterocycles. The van der Waals surface area contributed by atoms with Crippen molar-refractivity contribution in [1.29, 1.82) is 0 Å². The maximum absolute atomic E-state index is 15.6. The largest absolute Gasteiger partial charge is 0.416 e. The van der Waals surface area contributed by atoms with Crippen molar-refractivity contribution in [3.8, 4) is 0 Å². The van der Waals surface area contributed by atoms with Crippen LogP contribution in [0.1, 0.15) is 61.4 Å². The highest BCUT2D eigenvalue weighted by atomic mass is 19.4. The lowest BCUT2D eigenvalue weighted by Crippen LogP contribution is -2.10. The lowest BCUT2D eigenvalue weighted by atomic mass is 9.85. The highest BCUT2D eigenvalue weighted by molar-refractivity contribution is 5.83. The van der Waals surface area contributed by atoms with Crippen LogP contribution in [0.4, 0.5) is 17.6 Å². The maximum atomic E-state index is 15.6. The van der Waals surface area contributed by atoms with Crippen molar-refractivity contribution in [1.82, 2.24) is 0 Å². The van der Waals surface area contributed by atoms with Crippen molar-refractivity contribution in [3.63, 3.8) is 0 Å². The zero-order valence-electron chi connectivity index (χ0n) is 15.8. The molecule has 0 saturated heterocycles. The maximum Gasteiger partial charge on any atom is 0.416 e. The monoisotopic (exact) mass is 388 g/mol. The summed E-state index contributed by atoms with van der Waals surface area (Å²) in [6.45, 7) is 2.07. The van der Waals surface area contributed by atoms with Gasteiger partial charge in [-0.25, -0.2) is 4.39 Å². The summed E-state index contributed by atoms with van der Waals surface area (Å²) in [5.41, 5.74) is 0.481. The number of alkyl halides is 4. The number of hydrogen-bond acceptors (Lipinski definition) is 0. The second-order valence-electron chi connectivity index (χ2n) is 7.23. The van der Waals surface area contributed by atoms with E-state index in [1.54, 1.807) is 6.07 Å². The van der Waals surface area contributed by atoms with Gasteiger partial charge >= 0.3 is 6.18 Å². The Bertz CT molecular complexity index is 896. The molecule has 4 heteroatoms. The second kappa shape index (κ2) is 8.76. The van der Waals surface area contributed by atoms with Crippen molar-refractivity contribution < 1.29 is 17.6 Å². The van der Waals surface area contributed by atoms with Crippen molar-refractivity contribution in [2.75, 3.05) is 0 Å². The smallest absolute Gasteiger partial charge is 0.242 e. The normalized spacial score (nSPS) is 14.2.